The molecule has 30 heteroatoms. The summed E-state index contributed by atoms with van der Waals surface area (Å²) in [5.41, 5.74) is 14.6. The van der Waals surface area contributed by atoms with E-state index in [9.17, 15) is 48.2 Å². The number of unbranched alkanes of at least 4 members (excludes halogenated alkanes) is 3. The van der Waals surface area contributed by atoms with E-state index in [1.54, 1.807) is 0 Å². The zero-order valence-electron chi connectivity index (χ0n) is 28.8. The second kappa shape index (κ2) is 18.5. The molecule has 0 aromatic carbocycles. The highest BCUT2D eigenvalue weighted by atomic mass is 32.2. The predicted octanol–water partition coefficient (Wildman–Crippen LogP) is 0.922. The summed E-state index contributed by atoms with van der Waals surface area (Å²) in [5, 5.41) is 35.6. The molecule has 0 bridgehead atoms. The van der Waals surface area contributed by atoms with Crippen LogP contribution in [0, 0.1) is 0 Å². The number of hydrogen-bond donors (Lipinski definition) is 10. The van der Waals surface area contributed by atoms with Crippen molar-refractivity contribution in [1.29, 1.82) is 0 Å². The number of aliphatic hydroxyl groups is 2. The van der Waals surface area contributed by atoms with Crippen LogP contribution < -0.4 is 26.8 Å². The van der Waals surface area contributed by atoms with E-state index in [4.69, 9.17) is 16.0 Å². The molecule has 0 radical (unpaired) electrons. The Kier molecular flexibility index (Phi) is 14.5. The number of carbonyl (C=O) groups is 2. The first-order valence-corrected chi connectivity index (χ1v) is 22.4. The fourth-order valence-corrected chi connectivity index (χ4v) is 11.4. The van der Waals surface area contributed by atoms with Crippen LogP contribution >= 0.6 is 35.2 Å². The van der Waals surface area contributed by atoms with Crippen molar-refractivity contribution >= 4 is 70.0 Å². The molecule has 3 fully saturated rings. The summed E-state index contributed by atoms with van der Waals surface area (Å²) in [6, 6.07) is 0.143. The number of hydrogen-bond acceptors (Lipinski definition) is 17. The number of nitrogens with one attached hydrogen (secondary N) is 4. The maximum Gasteiger partial charge on any atom is 0.489 e. The van der Waals surface area contributed by atoms with Gasteiger partial charge in [-0.25, -0.2) is 38.5 Å². The van der Waals surface area contributed by atoms with E-state index in [0.717, 1.165) is 29.5 Å². The number of phosphoric ester groups is 1. The average Bonchev–Trinajstić information content (AvgIpc) is 3.83. The van der Waals surface area contributed by atoms with E-state index in [2.05, 4.69) is 54.1 Å². The Morgan fingerprint density at radius 2 is 1.85 bits per heavy atom. The van der Waals surface area contributed by atoms with Crippen LogP contribution in [0.1, 0.15) is 51.2 Å². The summed E-state index contributed by atoms with van der Waals surface area (Å²) in [6.07, 6.45) is -1.64. The maximum absolute atomic E-state index is 12.5. The van der Waals surface area contributed by atoms with Crippen LogP contribution in [0.2, 0.25) is 0 Å². The molecule has 26 nitrogen and oxygen atoms in total. The SMILES string of the molecule is [N-]=[N+]=Nc1nc2c(N)ncnc2n1[C@@H]1O[C@H](COP(=O)(O)OP(=O)(O)OP(=O)(O)NCCCCCNC(=O)CCCC[C@@H]2SC[C@@H]3NC(=O)N[C@@H]32)[C@@H](O)[C@H]1O. The van der Waals surface area contributed by atoms with Gasteiger partial charge in [0.1, 0.15) is 24.6 Å². The van der Waals surface area contributed by atoms with Crippen molar-refractivity contribution in [3.63, 3.8) is 0 Å². The number of carbonyl (C=O) groups excluding carboxylic acids is 2. The second-order valence-electron chi connectivity index (χ2n) is 12.6. The number of rotatable bonds is 21. The molecule has 2 aromatic rings. The van der Waals surface area contributed by atoms with Gasteiger partial charge < -0.3 is 51.3 Å². The average molecular weight is 859 g/mol. The molecule has 0 spiro atoms. The van der Waals surface area contributed by atoms with Gasteiger partial charge >= 0.3 is 29.4 Å². The fourth-order valence-electron chi connectivity index (χ4n) is 6.08. The largest absolute Gasteiger partial charge is 0.489 e. The molecule has 3 unspecified atom stereocenters. The number of urea groups is 1. The topological polar surface area (TPSA) is 390 Å². The number of amides is 3. The van der Waals surface area contributed by atoms with Crippen molar-refractivity contribution in [2.24, 2.45) is 5.11 Å². The quantitative estimate of drug-likeness (QED) is 0.0208. The molecule has 0 aliphatic carbocycles. The summed E-state index contributed by atoms with van der Waals surface area (Å²) in [6.45, 7) is -0.862. The Balaban J connectivity index is 0.972. The van der Waals surface area contributed by atoms with Crippen LogP contribution in [0.15, 0.2) is 11.4 Å². The van der Waals surface area contributed by atoms with Crippen molar-refractivity contribution in [2.45, 2.75) is 86.8 Å². The first-order chi connectivity index (χ1) is 26.0. The van der Waals surface area contributed by atoms with E-state index < -0.39 is 60.5 Å². The lowest BCUT2D eigenvalue weighted by Crippen LogP contribution is -2.36. The lowest BCUT2D eigenvalue weighted by molar-refractivity contribution is -0.121. The van der Waals surface area contributed by atoms with Gasteiger partial charge in [-0.2, -0.15) is 20.4 Å². The zero-order valence-corrected chi connectivity index (χ0v) is 32.3. The minimum Gasteiger partial charge on any atom is -0.387 e. The Morgan fingerprint density at radius 1 is 1.09 bits per heavy atom. The number of fused-ring (bicyclic) bond motifs is 2. The lowest BCUT2D eigenvalue weighted by Gasteiger charge is -2.20. The van der Waals surface area contributed by atoms with Crippen molar-refractivity contribution in [2.75, 3.05) is 31.2 Å². The standard InChI is InChI=1S/C25H41N12O14P3S/c26-21-18-22(30-12-29-21)37(24(33-18)35-36-27)23-20(40)19(39)14(49-23)10-48-53(44,45)51-54(46,47)50-52(42,43)31-9-5-1-4-8-28-16(38)7-3-2-6-15-17-13(11-55-15)32-25(41)34-17/h12-15,17,19-20,23,39-40H,1-11H2,(H,28,38)(H,44,45)(H,46,47)(H2,26,29,30)(H2,31,42,43)(H2,32,34,41)/t13-,14+,15-,17-,19+,20+,23+/m0/s1. The van der Waals surface area contributed by atoms with Gasteiger partial charge in [-0.1, -0.05) is 12.8 Å². The van der Waals surface area contributed by atoms with E-state index in [1.165, 1.54) is 0 Å². The molecule has 11 N–H and O–H groups in total. The number of anilines is 1. The van der Waals surface area contributed by atoms with Crippen molar-refractivity contribution < 1.29 is 66.1 Å². The summed E-state index contributed by atoms with van der Waals surface area (Å²) < 4.78 is 56.6. The first kappa shape index (κ1) is 43.2. The van der Waals surface area contributed by atoms with Gasteiger partial charge in [0, 0.05) is 35.4 Å². The van der Waals surface area contributed by atoms with Crippen LogP contribution in [0.3, 0.4) is 0 Å². The lowest BCUT2D eigenvalue weighted by atomic mass is 10.0. The molecular formula is C25H41N12O14P3S. The van der Waals surface area contributed by atoms with Gasteiger partial charge in [-0.05, 0) is 36.3 Å². The number of nitrogen functional groups attached to an aromatic ring is 1. The number of aliphatic hydroxyl groups excluding tert-OH is 2. The van der Waals surface area contributed by atoms with E-state index in [0.29, 0.717) is 37.5 Å². The van der Waals surface area contributed by atoms with Crippen molar-refractivity contribution in [3.05, 3.63) is 16.8 Å². The van der Waals surface area contributed by atoms with Crippen molar-refractivity contribution in [3.8, 4) is 0 Å². The number of thioether (sulfide) groups is 1. The smallest absolute Gasteiger partial charge is 0.387 e. The van der Waals surface area contributed by atoms with Gasteiger partial charge in [-0.15, -0.1) is 0 Å². The Labute approximate surface area is 316 Å². The van der Waals surface area contributed by atoms with Crippen LogP contribution in [0.25, 0.3) is 21.6 Å². The van der Waals surface area contributed by atoms with E-state index >= 15 is 0 Å². The summed E-state index contributed by atoms with van der Waals surface area (Å²) in [4.78, 5) is 67.9. The minimum absolute atomic E-state index is 0.0330. The van der Waals surface area contributed by atoms with Gasteiger partial charge in [0.25, 0.3) is 0 Å². The molecule has 306 valence electrons. The van der Waals surface area contributed by atoms with Crippen LogP contribution in [0.4, 0.5) is 16.6 Å². The number of imidazole rings is 1. The highest BCUT2D eigenvalue weighted by molar-refractivity contribution is 8.00. The highest BCUT2D eigenvalue weighted by Crippen LogP contribution is 2.66. The zero-order chi connectivity index (χ0) is 40.0. The number of azide groups is 1. The van der Waals surface area contributed by atoms with Crippen LogP contribution in [-0.4, -0.2) is 117 Å². The van der Waals surface area contributed by atoms with Crippen LogP contribution in [-0.2, 0) is 36.4 Å². The molecule has 0 saturated carbocycles. The maximum atomic E-state index is 12.5. The third kappa shape index (κ3) is 11.6. The second-order valence-corrected chi connectivity index (χ2v) is 18.6. The summed E-state index contributed by atoms with van der Waals surface area (Å²) in [7, 11) is -16.4. The third-order valence-electron chi connectivity index (χ3n) is 8.60. The molecule has 55 heavy (non-hydrogen) atoms. The molecule has 3 aliphatic rings. The highest BCUT2D eigenvalue weighted by Gasteiger charge is 2.48. The fraction of sp³-hybridized carbons (Fsp3) is 0.720. The molecule has 3 amide bonds. The number of ether oxygens (including phenoxy) is 1. The molecule has 2 aromatic heterocycles. The first-order valence-electron chi connectivity index (χ1n) is 16.8. The minimum atomic E-state index is -5.74. The Hall–Kier alpha value is -2.96. The van der Waals surface area contributed by atoms with Gasteiger partial charge in [0.05, 0.1) is 18.7 Å². The molecular weight excluding hydrogens is 817 g/mol. The number of phosphoric acid groups is 2. The molecule has 3 aliphatic heterocycles. The van der Waals surface area contributed by atoms with E-state index in [1.807, 2.05) is 16.8 Å². The normalized spacial score (nSPS) is 28.0. The Morgan fingerprint density at radius 3 is 2.62 bits per heavy atom. The molecule has 5 heterocycles. The monoisotopic (exact) mass is 858 g/mol. The van der Waals surface area contributed by atoms with E-state index in [-0.39, 0.29) is 54.0 Å². The summed E-state index contributed by atoms with van der Waals surface area (Å²) >= 11 is 1.82. The van der Waals surface area contributed by atoms with Crippen molar-refractivity contribution in [1.82, 2.24) is 40.6 Å². The number of aromatic nitrogens is 4. The third-order valence-corrected chi connectivity index (χ3v) is 14.6. The Bertz CT molecular complexity index is 1910. The predicted molar refractivity (Wildman–Crippen MR) is 191 cm³/mol. The van der Waals surface area contributed by atoms with Crippen LogP contribution in [0.5, 0.6) is 0 Å². The number of nitrogens with two attached hydrogens (primary N) is 1. The molecule has 10 atom stereocenters. The van der Waals surface area contributed by atoms with Gasteiger partial charge in [-0.3, -0.25) is 13.9 Å². The molecule has 5 rings (SSSR count). The van der Waals surface area contributed by atoms with Gasteiger partial charge in [0.2, 0.25) is 11.9 Å². The summed E-state index contributed by atoms with van der Waals surface area (Å²) in [5.74, 6) is 0.260. The van der Waals surface area contributed by atoms with Gasteiger partial charge in [0.15, 0.2) is 23.2 Å². The molecule has 3 saturated heterocycles. The number of nitrogens with zero attached hydrogens (tertiary/aromatic N) is 7.